The average Bonchev–Trinajstić information content (AvgIpc) is 4.00. The summed E-state index contributed by atoms with van der Waals surface area (Å²) in [7, 11) is 0. The van der Waals surface area contributed by atoms with Gasteiger partial charge in [-0.3, -0.25) is 0 Å². The van der Waals surface area contributed by atoms with Gasteiger partial charge in [0.25, 0.3) is 0 Å². The van der Waals surface area contributed by atoms with Crippen LogP contribution in [0.1, 0.15) is 85.3 Å². The average molecular weight is 895 g/mol. The highest BCUT2D eigenvalue weighted by Gasteiger charge is 2.46. The summed E-state index contributed by atoms with van der Waals surface area (Å²) in [6.07, 6.45) is 35.2. The van der Waals surface area contributed by atoms with E-state index in [0.29, 0.717) is 0 Å². The molecule has 6 aromatic carbocycles. The van der Waals surface area contributed by atoms with Gasteiger partial charge in [0, 0.05) is 29.0 Å². The largest absolute Gasteiger partial charge is 0.219 e. The molecule has 330 valence electrons. The number of nitrogens with zero attached hydrogens (tertiary/aromatic N) is 1. The predicted octanol–water partition coefficient (Wildman–Crippen LogP) is 18.0. The van der Waals surface area contributed by atoms with E-state index in [0.717, 1.165) is 40.1 Å². The molecule has 7 aromatic rings. The lowest BCUT2D eigenvalue weighted by Gasteiger charge is -2.34. The van der Waals surface area contributed by atoms with Crippen LogP contribution in [0.3, 0.4) is 0 Å². The van der Waals surface area contributed by atoms with E-state index in [2.05, 4.69) is 249 Å². The van der Waals surface area contributed by atoms with Gasteiger partial charge >= 0.3 is 0 Å². The Hall–Kier alpha value is -7.39. The Morgan fingerprint density at radius 1 is 0.603 bits per heavy atom. The first-order valence-corrected chi connectivity index (χ1v) is 25.1. The first-order valence-electron chi connectivity index (χ1n) is 24.3. The van der Waals surface area contributed by atoms with Gasteiger partial charge < -0.3 is 0 Å². The monoisotopic (exact) mass is 894 g/mol. The Morgan fingerprint density at radius 2 is 1.26 bits per heavy atom. The van der Waals surface area contributed by atoms with Crippen LogP contribution < -0.4 is 4.58 Å². The van der Waals surface area contributed by atoms with Gasteiger partial charge in [0.05, 0.1) is 11.0 Å². The molecule has 4 aliphatic carbocycles. The number of thiophene rings is 1. The van der Waals surface area contributed by atoms with Gasteiger partial charge in [0.2, 0.25) is 11.4 Å². The zero-order valence-electron chi connectivity index (χ0n) is 39.0. The highest BCUT2D eigenvalue weighted by molar-refractivity contribution is 7.17. The van der Waals surface area contributed by atoms with E-state index in [4.69, 9.17) is 0 Å². The Balaban J connectivity index is 0.000000367. The Labute approximate surface area is 406 Å². The van der Waals surface area contributed by atoms with Gasteiger partial charge in [0.1, 0.15) is 0 Å². The number of fused-ring (bicyclic) bond motifs is 11. The van der Waals surface area contributed by atoms with Crippen LogP contribution in [-0.2, 0) is 5.41 Å². The molecule has 1 aliphatic heterocycles. The lowest BCUT2D eigenvalue weighted by Crippen LogP contribution is -2.28. The zero-order valence-corrected chi connectivity index (χ0v) is 39.9. The Bertz CT molecular complexity index is 3340. The Kier molecular flexibility index (Phi) is 11.9. The molecule has 1 spiro atoms. The molecule has 5 aliphatic rings. The van der Waals surface area contributed by atoms with Crippen molar-refractivity contribution >= 4 is 50.2 Å². The summed E-state index contributed by atoms with van der Waals surface area (Å²) < 4.78 is 3.71. The summed E-state index contributed by atoms with van der Waals surface area (Å²) in [6, 6.07) is 52.0. The molecule has 0 bridgehead atoms. The normalized spacial score (nSPS) is 20.2. The van der Waals surface area contributed by atoms with Crippen molar-refractivity contribution < 1.29 is 0 Å². The minimum absolute atomic E-state index is 0.224. The second-order valence-corrected chi connectivity index (χ2v) is 19.5. The van der Waals surface area contributed by atoms with Crippen molar-refractivity contribution in [1.82, 2.24) is 4.58 Å². The number of allylic oxidation sites excluding steroid dienone is 17. The smallest absolute Gasteiger partial charge is 0.160 e. The fraction of sp³-hybridized carbons (Fsp3) is 0.136. The number of para-hydroxylation sites is 1. The van der Waals surface area contributed by atoms with E-state index in [1.807, 2.05) is 0 Å². The van der Waals surface area contributed by atoms with Crippen molar-refractivity contribution in [3.8, 4) is 22.3 Å². The van der Waals surface area contributed by atoms with Crippen LogP contribution >= 0.6 is 11.3 Å². The third-order valence-corrected chi connectivity index (χ3v) is 15.5. The van der Waals surface area contributed by atoms with Crippen molar-refractivity contribution in [2.75, 3.05) is 0 Å². The number of hydrogen-bond donors (Lipinski definition) is 0. The van der Waals surface area contributed by atoms with Crippen LogP contribution in [-0.4, -0.2) is 6.21 Å². The molecule has 68 heavy (non-hydrogen) atoms. The van der Waals surface area contributed by atoms with Crippen LogP contribution in [0.5, 0.6) is 0 Å². The van der Waals surface area contributed by atoms with Crippen LogP contribution in [0.4, 0.5) is 11.4 Å². The van der Waals surface area contributed by atoms with Crippen molar-refractivity contribution in [2.45, 2.75) is 57.3 Å². The summed E-state index contributed by atoms with van der Waals surface area (Å²) in [5.74, 6) is 0.224. The molecule has 1 unspecified atom stereocenters. The SMILES string of the molecule is C1=CCCC(C2=CC=CCC2)=C1.C=C1/C(C)=C/C(c2ccc3sccc3c2)=C\C=[N+](c2ccc3c(c2)C2(C/C=C\C=C/C3C)c3ccccc3-c3ccccc32)c2ccccc2-c2ccccc21. The van der Waals surface area contributed by atoms with Gasteiger partial charge in [-0.2, -0.15) is 4.58 Å². The van der Waals surface area contributed by atoms with Crippen LogP contribution in [0, 0.1) is 0 Å². The molecule has 0 fully saturated rings. The molecule has 2 heteroatoms. The van der Waals surface area contributed by atoms with E-state index < -0.39 is 0 Å². The van der Waals surface area contributed by atoms with Crippen LogP contribution in [0.25, 0.3) is 43.5 Å². The molecule has 2 heterocycles. The fourth-order valence-electron chi connectivity index (χ4n) is 11.1. The maximum atomic E-state index is 4.69. The molecular weight excluding hydrogens is 839 g/mol. The van der Waals surface area contributed by atoms with Crippen LogP contribution in [0.15, 0.2) is 241 Å². The van der Waals surface area contributed by atoms with E-state index in [-0.39, 0.29) is 11.3 Å². The molecule has 1 nitrogen and oxygen atoms in total. The lowest BCUT2D eigenvalue weighted by molar-refractivity contribution is 0.633. The molecule has 1 atom stereocenters. The molecule has 0 N–H and O–H groups in total. The van der Waals surface area contributed by atoms with Gasteiger partial charge in [-0.25, -0.2) is 0 Å². The summed E-state index contributed by atoms with van der Waals surface area (Å²) in [5, 5.41) is 3.44. The summed E-state index contributed by atoms with van der Waals surface area (Å²) in [5.41, 5.74) is 21.0. The van der Waals surface area contributed by atoms with Crippen molar-refractivity contribution in [3.05, 3.63) is 274 Å². The van der Waals surface area contributed by atoms with Crippen molar-refractivity contribution in [3.63, 3.8) is 0 Å². The van der Waals surface area contributed by atoms with E-state index in [1.54, 1.807) is 22.5 Å². The second-order valence-electron chi connectivity index (χ2n) is 18.6. The van der Waals surface area contributed by atoms with E-state index >= 15 is 0 Å². The Morgan fingerprint density at radius 3 is 1.97 bits per heavy atom. The maximum Gasteiger partial charge on any atom is 0.219 e. The first-order chi connectivity index (χ1) is 33.5. The van der Waals surface area contributed by atoms with Gasteiger partial charge in [-0.1, -0.05) is 177 Å². The van der Waals surface area contributed by atoms with Gasteiger partial charge in [-0.05, 0) is 158 Å². The van der Waals surface area contributed by atoms with Gasteiger partial charge in [-0.15, -0.1) is 11.3 Å². The van der Waals surface area contributed by atoms with Gasteiger partial charge in [0.15, 0.2) is 6.21 Å². The highest BCUT2D eigenvalue weighted by atomic mass is 32.1. The second kappa shape index (κ2) is 18.7. The third kappa shape index (κ3) is 7.93. The quantitative estimate of drug-likeness (QED) is 0.156. The fourth-order valence-corrected chi connectivity index (χ4v) is 11.8. The molecule has 12 rings (SSSR count). The maximum absolute atomic E-state index is 4.69. The standard InChI is InChI=1S/C54H42NS.C12H14/c1-36-15-5-4-14-30-54(49-21-11-8-18-46(49)47-19-9-12-22-50(47)54)51-35-42(25-26-43(36)51)55-31-28-40(39-24-27-53-41(34-39)29-32-56-53)33-37(2)38(3)44-16-6-7-17-45(44)48-20-10-13-23-52(48)55;1-3-7-11(8-4-1)12-9-5-2-6-10-12/h4-29,31-36H,3,30H2,1-2H3;1-3,5,7,9H,4,6,8,10H2/q+1;/b14-4-,15-5-,37-33+,40-28+,55-31?;. The minimum atomic E-state index is -0.357. The number of benzene rings is 6. The summed E-state index contributed by atoms with van der Waals surface area (Å²) >= 11 is 1.78. The molecule has 1 aromatic heterocycles. The summed E-state index contributed by atoms with van der Waals surface area (Å²) in [6.45, 7) is 9.21. The van der Waals surface area contributed by atoms with E-state index in [1.165, 1.54) is 85.8 Å². The predicted molar refractivity (Wildman–Crippen MR) is 294 cm³/mol. The molecule has 0 saturated carbocycles. The zero-order chi connectivity index (χ0) is 46.0. The molecule has 0 saturated heterocycles. The summed E-state index contributed by atoms with van der Waals surface area (Å²) in [4.78, 5) is 0. The van der Waals surface area contributed by atoms with Crippen molar-refractivity contribution in [1.29, 1.82) is 0 Å². The molecular formula is C66H56NS+. The highest BCUT2D eigenvalue weighted by Crippen LogP contribution is 2.57. The van der Waals surface area contributed by atoms with E-state index in [9.17, 15) is 0 Å². The lowest BCUT2D eigenvalue weighted by atomic mass is 9.67. The minimum Gasteiger partial charge on any atom is -0.160 e. The molecule has 0 radical (unpaired) electrons. The number of rotatable bonds is 3. The topological polar surface area (TPSA) is 3.01 Å². The number of hydrogen-bond acceptors (Lipinski definition) is 1. The first kappa shape index (κ1) is 43.2. The third-order valence-electron chi connectivity index (χ3n) is 14.6. The van der Waals surface area contributed by atoms with Crippen LogP contribution in [0.2, 0.25) is 0 Å². The van der Waals surface area contributed by atoms with Crippen molar-refractivity contribution in [2.24, 2.45) is 0 Å². The molecule has 0 amide bonds.